The second-order valence-corrected chi connectivity index (χ2v) is 6.55. The van der Waals surface area contributed by atoms with Gasteiger partial charge >= 0.3 is 0 Å². The second kappa shape index (κ2) is 7.83. The maximum Gasteiger partial charge on any atom is 0.0136 e. The summed E-state index contributed by atoms with van der Waals surface area (Å²) in [7, 11) is 0. The molecule has 0 aromatic heterocycles. The molecular formula is C19H31N. The Kier molecular flexibility index (Phi) is 6.09. The molecule has 1 N–H and O–H groups in total. The van der Waals surface area contributed by atoms with Crippen LogP contribution in [0.2, 0.25) is 0 Å². The predicted octanol–water partition coefficient (Wildman–Crippen LogP) is 4.73. The zero-order chi connectivity index (χ0) is 14.4. The van der Waals surface area contributed by atoms with Gasteiger partial charge in [0.1, 0.15) is 0 Å². The van der Waals surface area contributed by atoms with Crippen molar-refractivity contribution >= 4 is 0 Å². The molecule has 0 aliphatic heterocycles. The monoisotopic (exact) mass is 273 g/mol. The van der Waals surface area contributed by atoms with Crippen molar-refractivity contribution in [3.05, 3.63) is 35.4 Å². The molecule has 3 unspecified atom stereocenters. The zero-order valence-corrected chi connectivity index (χ0v) is 13.5. The highest BCUT2D eigenvalue weighted by molar-refractivity contribution is 5.22. The molecule has 1 heteroatoms. The highest BCUT2D eigenvalue weighted by Crippen LogP contribution is 2.33. The Balaban J connectivity index is 2.00. The first kappa shape index (κ1) is 15.6. The Morgan fingerprint density at radius 1 is 1.15 bits per heavy atom. The first-order chi connectivity index (χ1) is 9.72. The summed E-state index contributed by atoms with van der Waals surface area (Å²) in [6.45, 7) is 7.85. The van der Waals surface area contributed by atoms with Gasteiger partial charge in [-0.2, -0.15) is 0 Å². The van der Waals surface area contributed by atoms with Crippen molar-refractivity contribution in [2.45, 2.75) is 65.3 Å². The fourth-order valence-electron chi connectivity index (χ4n) is 3.71. The van der Waals surface area contributed by atoms with Gasteiger partial charge in [-0.1, -0.05) is 62.9 Å². The minimum Gasteiger partial charge on any atom is -0.314 e. The maximum absolute atomic E-state index is 3.76. The molecule has 0 amide bonds. The van der Waals surface area contributed by atoms with Crippen molar-refractivity contribution in [3.63, 3.8) is 0 Å². The highest BCUT2D eigenvalue weighted by Gasteiger charge is 2.27. The number of rotatable bonds is 6. The average molecular weight is 273 g/mol. The third-order valence-electron chi connectivity index (χ3n) is 5.01. The minimum atomic E-state index is 0.664. The van der Waals surface area contributed by atoms with Gasteiger partial charge < -0.3 is 5.32 Å². The summed E-state index contributed by atoms with van der Waals surface area (Å²) in [5, 5.41) is 3.76. The fourth-order valence-corrected chi connectivity index (χ4v) is 3.71. The number of benzene rings is 1. The van der Waals surface area contributed by atoms with E-state index in [1.54, 1.807) is 0 Å². The molecule has 1 aromatic carbocycles. The van der Waals surface area contributed by atoms with Gasteiger partial charge in [-0.05, 0) is 50.1 Å². The van der Waals surface area contributed by atoms with E-state index in [0.717, 1.165) is 18.4 Å². The summed E-state index contributed by atoms with van der Waals surface area (Å²) in [4.78, 5) is 0. The molecule has 0 saturated heterocycles. The molecule has 1 aromatic rings. The van der Waals surface area contributed by atoms with Crippen LogP contribution in [-0.4, -0.2) is 12.6 Å². The lowest BCUT2D eigenvalue weighted by atomic mass is 9.75. The second-order valence-electron chi connectivity index (χ2n) is 6.55. The van der Waals surface area contributed by atoms with Gasteiger partial charge in [-0.3, -0.25) is 0 Å². The Hall–Kier alpha value is -0.820. The van der Waals surface area contributed by atoms with E-state index in [1.165, 1.54) is 49.7 Å². The number of hydrogen-bond acceptors (Lipinski definition) is 1. The molecule has 1 saturated carbocycles. The third-order valence-corrected chi connectivity index (χ3v) is 5.01. The lowest BCUT2D eigenvalue weighted by Gasteiger charge is -2.35. The fraction of sp³-hybridized carbons (Fsp3) is 0.684. The topological polar surface area (TPSA) is 12.0 Å². The van der Waals surface area contributed by atoms with Crippen LogP contribution in [0, 0.1) is 18.8 Å². The molecule has 0 heterocycles. The molecule has 0 spiro atoms. The molecule has 20 heavy (non-hydrogen) atoms. The standard InChI is InChI=1S/C19H31N/c1-4-16-7-6-8-18(13-16)19(20-5-2)14-17-11-9-15(3)10-12-17/h9-12,16,18-20H,4-8,13-14H2,1-3H3. The molecule has 1 aliphatic carbocycles. The molecule has 1 fully saturated rings. The van der Waals surface area contributed by atoms with Crippen LogP contribution in [0.15, 0.2) is 24.3 Å². The van der Waals surface area contributed by atoms with Crippen LogP contribution in [0.5, 0.6) is 0 Å². The quantitative estimate of drug-likeness (QED) is 0.790. The minimum absolute atomic E-state index is 0.664. The van der Waals surface area contributed by atoms with Gasteiger partial charge in [0, 0.05) is 6.04 Å². The van der Waals surface area contributed by atoms with E-state index in [9.17, 15) is 0 Å². The Morgan fingerprint density at radius 2 is 1.90 bits per heavy atom. The van der Waals surface area contributed by atoms with Gasteiger partial charge in [0.2, 0.25) is 0 Å². The first-order valence-electron chi connectivity index (χ1n) is 8.51. The summed E-state index contributed by atoms with van der Waals surface area (Å²) in [6, 6.07) is 9.76. The lowest BCUT2D eigenvalue weighted by Crippen LogP contribution is -2.40. The summed E-state index contributed by atoms with van der Waals surface area (Å²) < 4.78 is 0. The van der Waals surface area contributed by atoms with E-state index in [2.05, 4.69) is 50.4 Å². The van der Waals surface area contributed by atoms with Gasteiger partial charge in [0.05, 0.1) is 0 Å². The summed E-state index contributed by atoms with van der Waals surface area (Å²) in [5.74, 6) is 1.84. The Morgan fingerprint density at radius 3 is 2.55 bits per heavy atom. The van der Waals surface area contributed by atoms with E-state index in [4.69, 9.17) is 0 Å². The van der Waals surface area contributed by atoms with E-state index in [1.807, 2.05) is 0 Å². The molecule has 2 rings (SSSR count). The maximum atomic E-state index is 3.76. The third kappa shape index (κ3) is 4.34. The van der Waals surface area contributed by atoms with Crippen LogP contribution >= 0.6 is 0 Å². The highest BCUT2D eigenvalue weighted by atomic mass is 14.9. The van der Waals surface area contributed by atoms with Gasteiger partial charge in [-0.15, -0.1) is 0 Å². The Labute approximate surface area is 125 Å². The lowest BCUT2D eigenvalue weighted by molar-refractivity contribution is 0.208. The largest absolute Gasteiger partial charge is 0.314 e. The van der Waals surface area contributed by atoms with Gasteiger partial charge in [-0.25, -0.2) is 0 Å². The summed E-state index contributed by atoms with van der Waals surface area (Å²) in [6.07, 6.45) is 8.28. The molecule has 112 valence electrons. The van der Waals surface area contributed by atoms with Gasteiger partial charge in [0.15, 0.2) is 0 Å². The first-order valence-corrected chi connectivity index (χ1v) is 8.51. The molecule has 1 nitrogen and oxygen atoms in total. The molecular weight excluding hydrogens is 242 g/mol. The van der Waals surface area contributed by atoms with E-state index >= 15 is 0 Å². The van der Waals surface area contributed by atoms with Crippen LogP contribution in [0.4, 0.5) is 0 Å². The van der Waals surface area contributed by atoms with Crippen molar-refractivity contribution in [2.75, 3.05) is 6.54 Å². The van der Waals surface area contributed by atoms with Crippen LogP contribution in [0.1, 0.15) is 57.1 Å². The van der Waals surface area contributed by atoms with Crippen LogP contribution in [0.25, 0.3) is 0 Å². The molecule has 0 bridgehead atoms. The van der Waals surface area contributed by atoms with Crippen molar-refractivity contribution < 1.29 is 0 Å². The SMILES string of the molecule is CCNC(Cc1ccc(C)cc1)C1CCCC(CC)C1. The van der Waals surface area contributed by atoms with Crippen molar-refractivity contribution in [3.8, 4) is 0 Å². The Bertz CT molecular complexity index is 381. The normalized spacial score (nSPS) is 24.6. The number of likely N-dealkylation sites (N-methyl/N-ethyl adjacent to an activating group) is 1. The van der Waals surface area contributed by atoms with Crippen LogP contribution in [-0.2, 0) is 6.42 Å². The smallest absolute Gasteiger partial charge is 0.0136 e. The van der Waals surface area contributed by atoms with Gasteiger partial charge in [0.25, 0.3) is 0 Å². The van der Waals surface area contributed by atoms with E-state index in [0.29, 0.717) is 6.04 Å². The molecule has 1 aliphatic rings. The van der Waals surface area contributed by atoms with Crippen molar-refractivity contribution in [1.82, 2.24) is 5.32 Å². The van der Waals surface area contributed by atoms with E-state index < -0.39 is 0 Å². The number of aryl methyl sites for hydroxylation is 1. The summed E-state index contributed by atoms with van der Waals surface area (Å²) >= 11 is 0. The van der Waals surface area contributed by atoms with Crippen molar-refractivity contribution in [1.29, 1.82) is 0 Å². The van der Waals surface area contributed by atoms with E-state index in [-0.39, 0.29) is 0 Å². The molecule has 3 atom stereocenters. The molecule has 0 radical (unpaired) electrons. The number of nitrogens with one attached hydrogen (secondary N) is 1. The predicted molar refractivity (Wildman–Crippen MR) is 88.1 cm³/mol. The number of hydrogen-bond donors (Lipinski definition) is 1. The van der Waals surface area contributed by atoms with Crippen LogP contribution < -0.4 is 5.32 Å². The summed E-state index contributed by atoms with van der Waals surface area (Å²) in [5.41, 5.74) is 2.85. The zero-order valence-electron chi connectivity index (χ0n) is 13.5. The van der Waals surface area contributed by atoms with Crippen LogP contribution in [0.3, 0.4) is 0 Å². The average Bonchev–Trinajstić information content (AvgIpc) is 2.49. The van der Waals surface area contributed by atoms with Crippen molar-refractivity contribution in [2.24, 2.45) is 11.8 Å².